The van der Waals surface area contributed by atoms with Crippen molar-refractivity contribution in [1.82, 2.24) is 15.1 Å². The van der Waals surface area contributed by atoms with Gasteiger partial charge in [0.2, 0.25) is 5.69 Å². The van der Waals surface area contributed by atoms with Crippen molar-refractivity contribution in [3.8, 4) is 0 Å². The minimum atomic E-state index is -0.597. The third-order valence-corrected chi connectivity index (χ3v) is 2.17. The van der Waals surface area contributed by atoms with Crippen molar-refractivity contribution >= 4 is 28.8 Å². The molecule has 2 aromatic heterocycles. The Balaban J connectivity index is 2.25. The van der Waals surface area contributed by atoms with Gasteiger partial charge >= 0.3 is 5.97 Å². The fraction of sp³-hybridized carbons (Fsp3) is 0.455. The molecule has 0 aliphatic heterocycles. The van der Waals surface area contributed by atoms with E-state index in [2.05, 4.69) is 15.1 Å². The monoisotopic (exact) mass is 269 g/mol. The number of carbonyl (C=O) groups is 1. The second kappa shape index (κ2) is 4.53. The number of rotatable bonds is 2. The van der Waals surface area contributed by atoms with Gasteiger partial charge in [-0.25, -0.2) is 14.8 Å². The molecule has 0 atom stereocenters. The summed E-state index contributed by atoms with van der Waals surface area (Å²) in [6, 6.07) is 0. The van der Waals surface area contributed by atoms with Crippen molar-refractivity contribution < 1.29 is 14.1 Å². The highest BCUT2D eigenvalue weighted by Gasteiger charge is 2.22. The number of aromatic nitrogens is 3. The van der Waals surface area contributed by atoms with Crippen LogP contribution in [0.25, 0.3) is 11.2 Å². The summed E-state index contributed by atoms with van der Waals surface area (Å²) in [6.07, 6.45) is 1.32. The molecule has 0 N–H and O–H groups in total. The average molecular weight is 270 g/mol. The van der Waals surface area contributed by atoms with Crippen molar-refractivity contribution in [2.75, 3.05) is 6.61 Å². The highest BCUT2D eigenvalue weighted by atomic mass is 35.5. The fourth-order valence-corrected chi connectivity index (χ4v) is 1.33. The van der Waals surface area contributed by atoms with E-state index in [1.54, 1.807) is 0 Å². The standard InChI is InChI=1S/C11H12ClN3O3/c1-11(2,3)5-17-10(16)8-7-9(18-15-8)13-4-6(12)14-7/h4H,5H2,1-3H3. The van der Waals surface area contributed by atoms with Gasteiger partial charge in [-0.3, -0.25) is 0 Å². The second-order valence-corrected chi connectivity index (χ2v) is 5.40. The Kier molecular flexibility index (Phi) is 3.21. The van der Waals surface area contributed by atoms with Crippen LogP contribution in [0.2, 0.25) is 5.15 Å². The van der Waals surface area contributed by atoms with Crippen molar-refractivity contribution in [3.63, 3.8) is 0 Å². The number of nitrogens with zero attached hydrogens (tertiary/aromatic N) is 3. The molecule has 0 amide bonds. The Morgan fingerprint density at radius 2 is 2.22 bits per heavy atom. The summed E-state index contributed by atoms with van der Waals surface area (Å²) in [5, 5.41) is 3.77. The summed E-state index contributed by atoms with van der Waals surface area (Å²) in [5.74, 6) is -0.597. The number of carbonyl (C=O) groups excluding carboxylic acids is 1. The lowest BCUT2D eigenvalue weighted by Gasteiger charge is -2.16. The van der Waals surface area contributed by atoms with Crippen LogP contribution in [-0.4, -0.2) is 27.7 Å². The van der Waals surface area contributed by atoms with E-state index < -0.39 is 5.97 Å². The van der Waals surface area contributed by atoms with E-state index in [1.165, 1.54) is 6.20 Å². The van der Waals surface area contributed by atoms with Gasteiger partial charge in [-0.2, -0.15) is 0 Å². The van der Waals surface area contributed by atoms with Crippen LogP contribution >= 0.6 is 11.6 Å². The zero-order valence-corrected chi connectivity index (χ0v) is 11.0. The van der Waals surface area contributed by atoms with E-state index >= 15 is 0 Å². The zero-order valence-electron chi connectivity index (χ0n) is 10.2. The zero-order chi connectivity index (χ0) is 13.3. The van der Waals surface area contributed by atoms with Crippen molar-refractivity contribution in [1.29, 1.82) is 0 Å². The van der Waals surface area contributed by atoms with E-state index in [9.17, 15) is 4.79 Å². The normalized spacial score (nSPS) is 11.8. The van der Waals surface area contributed by atoms with E-state index in [-0.39, 0.29) is 34.1 Å². The van der Waals surface area contributed by atoms with Crippen LogP contribution in [0.4, 0.5) is 0 Å². The lowest BCUT2D eigenvalue weighted by atomic mass is 9.99. The largest absolute Gasteiger partial charge is 0.460 e. The maximum atomic E-state index is 11.8. The quantitative estimate of drug-likeness (QED) is 0.780. The molecule has 0 fully saturated rings. The summed E-state index contributed by atoms with van der Waals surface area (Å²) in [4.78, 5) is 19.6. The van der Waals surface area contributed by atoms with Crippen LogP contribution in [0.3, 0.4) is 0 Å². The summed E-state index contributed by atoms with van der Waals surface area (Å²) >= 11 is 5.71. The molecular formula is C11H12ClN3O3. The predicted molar refractivity (Wildman–Crippen MR) is 64.3 cm³/mol. The molecule has 0 unspecified atom stereocenters. The molecule has 0 aromatic carbocycles. The predicted octanol–water partition coefficient (Wildman–Crippen LogP) is 2.47. The highest BCUT2D eigenvalue weighted by Crippen LogP contribution is 2.19. The molecular weight excluding hydrogens is 258 g/mol. The molecule has 18 heavy (non-hydrogen) atoms. The maximum Gasteiger partial charge on any atom is 0.362 e. The first kappa shape index (κ1) is 12.8. The Bertz CT molecular complexity index is 589. The van der Waals surface area contributed by atoms with Crippen molar-refractivity contribution in [3.05, 3.63) is 17.0 Å². The molecule has 2 aromatic rings. The molecule has 0 aliphatic rings. The summed E-state index contributed by atoms with van der Waals surface area (Å²) in [6.45, 7) is 6.14. The Labute approximate surface area is 108 Å². The molecule has 0 saturated heterocycles. The number of ether oxygens (including phenoxy) is 1. The smallest absolute Gasteiger partial charge is 0.362 e. The Morgan fingerprint density at radius 3 is 2.89 bits per heavy atom. The van der Waals surface area contributed by atoms with Gasteiger partial charge in [-0.1, -0.05) is 37.5 Å². The van der Waals surface area contributed by atoms with Gasteiger partial charge in [0, 0.05) is 0 Å². The van der Waals surface area contributed by atoms with Crippen LogP contribution in [0, 0.1) is 5.41 Å². The Morgan fingerprint density at radius 1 is 1.50 bits per heavy atom. The highest BCUT2D eigenvalue weighted by molar-refractivity contribution is 6.29. The SMILES string of the molecule is CC(C)(C)COC(=O)c1noc2ncc(Cl)nc12. The average Bonchev–Trinajstić information content (AvgIpc) is 2.67. The fourth-order valence-electron chi connectivity index (χ4n) is 1.19. The molecule has 2 heterocycles. The second-order valence-electron chi connectivity index (χ2n) is 5.01. The number of hydrogen-bond acceptors (Lipinski definition) is 6. The molecule has 2 rings (SSSR count). The van der Waals surface area contributed by atoms with Gasteiger partial charge in [0.1, 0.15) is 5.15 Å². The van der Waals surface area contributed by atoms with Crippen LogP contribution in [0.15, 0.2) is 10.7 Å². The van der Waals surface area contributed by atoms with E-state index in [1.807, 2.05) is 20.8 Å². The van der Waals surface area contributed by atoms with Gasteiger partial charge in [-0.15, -0.1) is 0 Å². The topological polar surface area (TPSA) is 78.1 Å². The van der Waals surface area contributed by atoms with Gasteiger partial charge in [0.05, 0.1) is 12.8 Å². The van der Waals surface area contributed by atoms with Crippen LogP contribution in [0.5, 0.6) is 0 Å². The number of halogens is 1. The minimum Gasteiger partial charge on any atom is -0.460 e. The molecule has 0 aliphatic carbocycles. The summed E-state index contributed by atoms with van der Waals surface area (Å²) in [7, 11) is 0. The number of hydrogen-bond donors (Lipinski definition) is 0. The number of esters is 1. The van der Waals surface area contributed by atoms with Crippen LogP contribution < -0.4 is 0 Å². The summed E-state index contributed by atoms with van der Waals surface area (Å²) < 4.78 is 10.0. The number of fused-ring (bicyclic) bond motifs is 1. The first-order valence-corrected chi connectivity index (χ1v) is 5.70. The van der Waals surface area contributed by atoms with E-state index in [0.29, 0.717) is 0 Å². The molecule has 0 bridgehead atoms. The molecule has 0 spiro atoms. The van der Waals surface area contributed by atoms with E-state index in [4.69, 9.17) is 20.9 Å². The first-order chi connectivity index (χ1) is 8.37. The molecule has 0 saturated carbocycles. The summed E-state index contributed by atoms with van der Waals surface area (Å²) in [5.41, 5.74) is 0.228. The van der Waals surface area contributed by atoms with Crippen molar-refractivity contribution in [2.24, 2.45) is 5.41 Å². The van der Waals surface area contributed by atoms with Crippen LogP contribution in [0.1, 0.15) is 31.3 Å². The lowest BCUT2D eigenvalue weighted by molar-refractivity contribution is 0.0357. The lowest BCUT2D eigenvalue weighted by Crippen LogP contribution is -2.18. The maximum absolute atomic E-state index is 11.8. The minimum absolute atomic E-state index is 0.00995. The van der Waals surface area contributed by atoms with Crippen molar-refractivity contribution in [2.45, 2.75) is 20.8 Å². The van der Waals surface area contributed by atoms with Gasteiger partial charge in [0.15, 0.2) is 5.52 Å². The van der Waals surface area contributed by atoms with Gasteiger partial charge in [0.25, 0.3) is 5.71 Å². The third kappa shape index (κ3) is 2.76. The molecule has 7 heteroatoms. The molecule has 0 radical (unpaired) electrons. The van der Waals surface area contributed by atoms with Gasteiger partial charge in [-0.05, 0) is 5.41 Å². The Hall–Kier alpha value is -1.69. The first-order valence-electron chi connectivity index (χ1n) is 5.32. The van der Waals surface area contributed by atoms with Gasteiger partial charge < -0.3 is 9.26 Å². The molecule has 6 nitrogen and oxygen atoms in total. The molecule has 96 valence electrons. The van der Waals surface area contributed by atoms with Crippen LogP contribution in [-0.2, 0) is 4.74 Å². The van der Waals surface area contributed by atoms with E-state index in [0.717, 1.165) is 0 Å². The third-order valence-electron chi connectivity index (χ3n) is 1.99.